The lowest BCUT2D eigenvalue weighted by atomic mass is 9.99. The second-order valence-electron chi connectivity index (χ2n) is 8.07. The smallest absolute Gasteiger partial charge is 0.255 e. The van der Waals surface area contributed by atoms with Crippen LogP contribution in [0, 0.1) is 18.6 Å². The van der Waals surface area contributed by atoms with Gasteiger partial charge in [-0.1, -0.05) is 13.8 Å². The molecule has 0 aliphatic rings. The third-order valence-corrected chi connectivity index (χ3v) is 5.20. The van der Waals surface area contributed by atoms with E-state index in [4.69, 9.17) is 15.2 Å². The number of carbonyl (C=O) groups is 2. The molecule has 0 saturated heterocycles. The van der Waals surface area contributed by atoms with E-state index in [1.54, 1.807) is 13.0 Å². The number of aliphatic hydroxyl groups is 1. The average Bonchev–Trinajstić information content (AvgIpc) is 2.89. The van der Waals surface area contributed by atoms with Crippen molar-refractivity contribution in [1.82, 2.24) is 10.3 Å². The molecule has 0 fully saturated rings. The van der Waals surface area contributed by atoms with Crippen LogP contribution in [0.25, 0.3) is 11.3 Å². The number of hydrogen-bond donors (Lipinski definition) is 3. The molecule has 2 amide bonds. The summed E-state index contributed by atoms with van der Waals surface area (Å²) in [4.78, 5) is 27.8. The van der Waals surface area contributed by atoms with E-state index in [9.17, 15) is 23.5 Å². The monoisotopic (exact) mass is 515 g/mol. The van der Waals surface area contributed by atoms with Crippen molar-refractivity contribution >= 4 is 11.8 Å². The third-order valence-electron chi connectivity index (χ3n) is 5.20. The second kappa shape index (κ2) is 12.8. The van der Waals surface area contributed by atoms with Crippen molar-refractivity contribution in [1.29, 1.82) is 0 Å². The van der Waals surface area contributed by atoms with E-state index in [1.165, 1.54) is 50.4 Å². The highest BCUT2D eigenvalue weighted by atomic mass is 19.1. The average molecular weight is 516 g/mol. The summed E-state index contributed by atoms with van der Waals surface area (Å²) in [5.41, 5.74) is 4.39. The molecule has 4 N–H and O–H groups in total. The number of primary amides is 1. The number of nitrogens with one attached hydrogen (secondary N) is 1. The number of nitrogens with two attached hydrogens (primary N) is 1. The van der Waals surface area contributed by atoms with Crippen LogP contribution in [-0.2, 0) is 10.4 Å². The normalized spacial score (nSPS) is 12.0. The van der Waals surface area contributed by atoms with Gasteiger partial charge in [-0.05, 0) is 67.9 Å². The highest BCUT2D eigenvalue weighted by Gasteiger charge is 2.30. The predicted octanol–water partition coefficient (Wildman–Crippen LogP) is 3.87. The number of nitrogens with zero attached hydrogens (tertiary/aromatic N) is 1. The van der Waals surface area contributed by atoms with Gasteiger partial charge in [0.15, 0.2) is 18.1 Å². The van der Waals surface area contributed by atoms with Crippen molar-refractivity contribution in [3.05, 3.63) is 77.0 Å². The molecule has 0 aliphatic carbocycles. The lowest BCUT2D eigenvalue weighted by Gasteiger charge is -2.24. The largest absolute Gasteiger partial charge is 0.493 e. The van der Waals surface area contributed by atoms with Crippen LogP contribution in [0.3, 0.4) is 0 Å². The molecule has 0 saturated carbocycles. The number of amides is 2. The Bertz CT molecular complexity index is 1260. The third kappa shape index (κ3) is 7.47. The summed E-state index contributed by atoms with van der Waals surface area (Å²) in [6, 6.07) is 11.2. The highest BCUT2D eigenvalue weighted by Crippen LogP contribution is 2.29. The van der Waals surface area contributed by atoms with E-state index >= 15 is 0 Å². The Hall–Kier alpha value is -4.05. The molecule has 0 spiro atoms. The topological polar surface area (TPSA) is 124 Å². The zero-order valence-electron chi connectivity index (χ0n) is 21.4. The molecule has 0 aliphatic heterocycles. The van der Waals surface area contributed by atoms with Crippen LogP contribution in [-0.4, -0.2) is 42.2 Å². The Kier molecular flexibility index (Phi) is 10.1. The first-order chi connectivity index (χ1) is 17.5. The molecule has 8 nitrogen and oxygen atoms in total. The molecule has 1 atom stereocenters. The number of pyridine rings is 1. The van der Waals surface area contributed by atoms with E-state index in [1.807, 2.05) is 13.8 Å². The number of aryl methyl sites for hydroxylation is 1. The number of methoxy groups -OCH3 is 1. The fraction of sp³-hybridized carbons (Fsp3) is 0.296. The minimum absolute atomic E-state index is 0.174. The van der Waals surface area contributed by atoms with Crippen molar-refractivity contribution < 1.29 is 33.0 Å². The van der Waals surface area contributed by atoms with Crippen LogP contribution in [0.2, 0.25) is 0 Å². The molecule has 3 rings (SSSR count). The fourth-order valence-electron chi connectivity index (χ4n) is 3.30. The molecule has 1 aromatic heterocycles. The molecule has 10 heteroatoms. The van der Waals surface area contributed by atoms with Crippen LogP contribution < -0.4 is 20.5 Å². The van der Waals surface area contributed by atoms with Crippen molar-refractivity contribution in [3.63, 3.8) is 0 Å². The van der Waals surface area contributed by atoms with Gasteiger partial charge in [0.1, 0.15) is 22.9 Å². The molecule has 1 heterocycles. The van der Waals surface area contributed by atoms with Gasteiger partial charge in [-0.15, -0.1) is 0 Å². The van der Waals surface area contributed by atoms with Gasteiger partial charge in [0.2, 0.25) is 0 Å². The van der Waals surface area contributed by atoms with E-state index in [0.29, 0.717) is 16.8 Å². The van der Waals surface area contributed by atoms with Crippen molar-refractivity contribution in [3.8, 4) is 22.8 Å². The van der Waals surface area contributed by atoms with Crippen LogP contribution in [0.15, 0.2) is 48.5 Å². The van der Waals surface area contributed by atoms with E-state index < -0.39 is 23.2 Å². The van der Waals surface area contributed by atoms with E-state index in [0.717, 1.165) is 6.07 Å². The van der Waals surface area contributed by atoms with Gasteiger partial charge in [0.25, 0.3) is 11.8 Å². The maximum absolute atomic E-state index is 14.6. The van der Waals surface area contributed by atoms with Crippen LogP contribution in [0.5, 0.6) is 11.5 Å². The van der Waals surface area contributed by atoms with Crippen molar-refractivity contribution in [2.24, 2.45) is 5.73 Å². The lowest BCUT2D eigenvalue weighted by Crippen LogP contribution is -2.40. The van der Waals surface area contributed by atoms with Crippen molar-refractivity contribution in [2.75, 3.05) is 20.3 Å². The Morgan fingerprint density at radius 1 is 1.05 bits per heavy atom. The van der Waals surface area contributed by atoms with E-state index in [2.05, 4.69) is 10.3 Å². The van der Waals surface area contributed by atoms with Crippen LogP contribution >= 0.6 is 0 Å². The summed E-state index contributed by atoms with van der Waals surface area (Å²) in [7, 11) is 1.36. The molecule has 2 aromatic carbocycles. The number of carbonyl (C=O) groups excluding carboxylic acids is 2. The summed E-state index contributed by atoms with van der Waals surface area (Å²) >= 11 is 0. The summed E-state index contributed by atoms with van der Waals surface area (Å²) in [5, 5.41) is 13.5. The van der Waals surface area contributed by atoms with Gasteiger partial charge in [-0.2, -0.15) is 0 Å². The van der Waals surface area contributed by atoms with Gasteiger partial charge in [0, 0.05) is 11.1 Å². The summed E-state index contributed by atoms with van der Waals surface area (Å²) < 4.78 is 38.6. The Morgan fingerprint density at radius 3 is 2.35 bits per heavy atom. The number of rotatable bonds is 9. The molecule has 3 aromatic rings. The lowest BCUT2D eigenvalue weighted by molar-refractivity contribution is -0.119. The van der Waals surface area contributed by atoms with E-state index in [-0.39, 0.29) is 41.7 Å². The summed E-state index contributed by atoms with van der Waals surface area (Å²) in [6.45, 7) is 6.20. The summed E-state index contributed by atoms with van der Waals surface area (Å²) in [5.74, 6) is -1.97. The quantitative estimate of drug-likeness (QED) is 0.398. The Morgan fingerprint density at radius 2 is 1.73 bits per heavy atom. The maximum Gasteiger partial charge on any atom is 0.255 e. The Balaban J connectivity index is 0.00000235. The minimum atomic E-state index is -1.86. The number of hydrogen-bond acceptors (Lipinski definition) is 6. The van der Waals surface area contributed by atoms with Gasteiger partial charge in [0.05, 0.1) is 19.3 Å². The maximum atomic E-state index is 14.6. The standard InChI is InChI=1S/C25H25F2N3O5.C2H6/c1-14-10-15(4-6-17(14)26)19-8-7-18(27)23(30-19)25(2,33)13-29-24(32)16-5-9-20(21(11-16)34-3)35-12-22(28)31;1-2/h4-11,33H,12-13H2,1-3H3,(H2,28,31)(H,29,32);1-2H3. The van der Waals surface area contributed by atoms with Crippen molar-refractivity contribution in [2.45, 2.75) is 33.3 Å². The zero-order valence-corrected chi connectivity index (χ0v) is 21.4. The fourth-order valence-corrected chi connectivity index (χ4v) is 3.30. The second-order valence-corrected chi connectivity index (χ2v) is 8.07. The molecule has 1 unspecified atom stereocenters. The highest BCUT2D eigenvalue weighted by molar-refractivity contribution is 5.95. The minimum Gasteiger partial charge on any atom is -0.493 e. The first-order valence-electron chi connectivity index (χ1n) is 11.5. The molecule has 0 radical (unpaired) electrons. The number of halogens is 2. The molecule has 198 valence electrons. The Labute approximate surface area is 214 Å². The molecular weight excluding hydrogens is 484 g/mol. The van der Waals surface area contributed by atoms with Crippen LogP contribution in [0.1, 0.15) is 42.4 Å². The predicted molar refractivity (Wildman–Crippen MR) is 135 cm³/mol. The molecule has 0 bridgehead atoms. The van der Waals surface area contributed by atoms with Gasteiger partial charge in [-0.3, -0.25) is 9.59 Å². The van der Waals surface area contributed by atoms with Gasteiger partial charge >= 0.3 is 0 Å². The van der Waals surface area contributed by atoms with Crippen LogP contribution in [0.4, 0.5) is 8.78 Å². The van der Waals surface area contributed by atoms with Gasteiger partial charge < -0.3 is 25.6 Å². The first kappa shape index (κ1) is 29.2. The molecule has 37 heavy (non-hydrogen) atoms. The molecular formula is C27H31F2N3O5. The zero-order chi connectivity index (χ0) is 27.8. The SMILES string of the molecule is CC.COc1cc(C(=O)NCC(C)(O)c2nc(-c3ccc(F)c(C)c3)ccc2F)ccc1OCC(N)=O. The number of benzene rings is 2. The summed E-state index contributed by atoms with van der Waals surface area (Å²) in [6.07, 6.45) is 0. The first-order valence-corrected chi connectivity index (χ1v) is 11.5. The number of ether oxygens (including phenoxy) is 2. The van der Waals surface area contributed by atoms with Gasteiger partial charge in [-0.25, -0.2) is 13.8 Å². The number of aromatic nitrogens is 1.